The lowest BCUT2D eigenvalue weighted by molar-refractivity contribution is 0.613. The van der Waals surface area contributed by atoms with Crippen LogP contribution in [0.25, 0.3) is 0 Å². The van der Waals surface area contributed by atoms with E-state index >= 15 is 0 Å². The van der Waals surface area contributed by atoms with Crippen molar-refractivity contribution in [3.63, 3.8) is 0 Å². The van der Waals surface area contributed by atoms with E-state index in [2.05, 4.69) is 9.97 Å². The second-order valence-electron chi connectivity index (χ2n) is 3.00. The lowest BCUT2D eigenvalue weighted by Crippen LogP contribution is -2.13. The predicted molar refractivity (Wildman–Crippen MR) is 41.7 cm³/mol. The summed E-state index contributed by atoms with van der Waals surface area (Å²) in [6.07, 6.45) is 5.80. The second-order valence-corrected chi connectivity index (χ2v) is 3.00. The van der Waals surface area contributed by atoms with Crippen LogP contribution in [-0.2, 0) is 0 Å². The van der Waals surface area contributed by atoms with E-state index < -0.39 is 0 Å². The summed E-state index contributed by atoms with van der Waals surface area (Å²) in [4.78, 5) is 7.94. The fourth-order valence-electron chi connectivity index (χ4n) is 1.19. The molecule has 2 N–H and O–H groups in total. The number of hydrogen-bond acceptors (Lipinski definition) is 3. The molecule has 1 aliphatic rings. The van der Waals surface area contributed by atoms with Crippen molar-refractivity contribution in [1.82, 2.24) is 9.97 Å². The Balaban J connectivity index is 2.15. The molecule has 0 aliphatic heterocycles. The molecule has 1 saturated carbocycles. The minimum Gasteiger partial charge on any atom is -0.322 e. The zero-order valence-electron chi connectivity index (χ0n) is 6.27. The number of aromatic nitrogens is 2. The Morgan fingerprint density at radius 2 is 2.36 bits per heavy atom. The molecule has 1 atom stereocenters. The van der Waals surface area contributed by atoms with Crippen LogP contribution in [0.1, 0.15) is 24.6 Å². The van der Waals surface area contributed by atoms with Crippen molar-refractivity contribution in [2.75, 3.05) is 0 Å². The number of nitrogens with zero attached hydrogens (tertiary/aromatic N) is 2. The standard InChI is InChI=1S/C8H11N3/c9-8(6-1-2-6)7-3-4-10-5-11-7/h3-6,8H,1-2,9H2. The summed E-state index contributed by atoms with van der Waals surface area (Å²) in [6, 6.07) is 2.03. The van der Waals surface area contributed by atoms with Gasteiger partial charge in [0.1, 0.15) is 6.33 Å². The van der Waals surface area contributed by atoms with Gasteiger partial charge in [-0.3, -0.25) is 0 Å². The van der Waals surface area contributed by atoms with Crippen LogP contribution >= 0.6 is 0 Å². The summed E-state index contributed by atoms with van der Waals surface area (Å²) < 4.78 is 0. The molecule has 0 bridgehead atoms. The van der Waals surface area contributed by atoms with E-state index in [-0.39, 0.29) is 6.04 Å². The molecule has 2 rings (SSSR count). The Morgan fingerprint density at radius 1 is 1.55 bits per heavy atom. The highest BCUT2D eigenvalue weighted by molar-refractivity contribution is 5.07. The van der Waals surface area contributed by atoms with Crippen LogP contribution in [0.4, 0.5) is 0 Å². The first-order valence-corrected chi connectivity index (χ1v) is 3.89. The minimum absolute atomic E-state index is 0.137. The van der Waals surface area contributed by atoms with Gasteiger partial charge in [-0.05, 0) is 24.8 Å². The van der Waals surface area contributed by atoms with Gasteiger partial charge in [0.05, 0.1) is 5.69 Å². The highest BCUT2D eigenvalue weighted by atomic mass is 14.9. The number of rotatable bonds is 2. The molecule has 3 nitrogen and oxygen atoms in total. The molecule has 11 heavy (non-hydrogen) atoms. The summed E-state index contributed by atoms with van der Waals surface area (Å²) in [6.45, 7) is 0. The van der Waals surface area contributed by atoms with Crippen molar-refractivity contribution in [2.45, 2.75) is 18.9 Å². The average molecular weight is 149 g/mol. The molecule has 0 aromatic carbocycles. The molecule has 1 heterocycles. The molecule has 1 unspecified atom stereocenters. The molecule has 1 fully saturated rings. The van der Waals surface area contributed by atoms with Crippen molar-refractivity contribution in [2.24, 2.45) is 11.7 Å². The molecule has 0 saturated heterocycles. The molecule has 0 amide bonds. The van der Waals surface area contributed by atoms with Crippen LogP contribution in [0.15, 0.2) is 18.6 Å². The number of hydrogen-bond donors (Lipinski definition) is 1. The van der Waals surface area contributed by atoms with E-state index in [0.717, 1.165) is 5.69 Å². The van der Waals surface area contributed by atoms with Crippen LogP contribution in [0, 0.1) is 5.92 Å². The fraction of sp³-hybridized carbons (Fsp3) is 0.500. The third-order valence-electron chi connectivity index (χ3n) is 2.08. The Bertz CT molecular complexity index is 230. The van der Waals surface area contributed by atoms with Gasteiger partial charge < -0.3 is 5.73 Å². The zero-order valence-corrected chi connectivity index (χ0v) is 6.27. The molecule has 1 aromatic heterocycles. The molecule has 3 heteroatoms. The van der Waals surface area contributed by atoms with Gasteiger partial charge in [-0.1, -0.05) is 0 Å². The van der Waals surface area contributed by atoms with Crippen LogP contribution in [-0.4, -0.2) is 9.97 Å². The van der Waals surface area contributed by atoms with Gasteiger partial charge in [0.15, 0.2) is 0 Å². The van der Waals surface area contributed by atoms with Gasteiger partial charge in [-0.25, -0.2) is 9.97 Å². The van der Waals surface area contributed by atoms with E-state index in [0.29, 0.717) is 5.92 Å². The van der Waals surface area contributed by atoms with Gasteiger partial charge in [0.2, 0.25) is 0 Å². The maximum atomic E-state index is 5.91. The Hall–Kier alpha value is -0.960. The fourth-order valence-corrected chi connectivity index (χ4v) is 1.19. The molecular weight excluding hydrogens is 138 g/mol. The molecule has 1 aliphatic carbocycles. The van der Waals surface area contributed by atoms with Gasteiger partial charge >= 0.3 is 0 Å². The molecule has 0 spiro atoms. The highest BCUT2D eigenvalue weighted by Gasteiger charge is 2.29. The highest BCUT2D eigenvalue weighted by Crippen LogP contribution is 2.38. The van der Waals surface area contributed by atoms with Crippen molar-refractivity contribution < 1.29 is 0 Å². The quantitative estimate of drug-likeness (QED) is 0.679. The lowest BCUT2D eigenvalue weighted by atomic mass is 10.1. The Morgan fingerprint density at radius 3 is 2.91 bits per heavy atom. The molecule has 58 valence electrons. The van der Waals surface area contributed by atoms with Gasteiger partial charge in [-0.2, -0.15) is 0 Å². The number of nitrogens with two attached hydrogens (primary N) is 1. The second kappa shape index (κ2) is 2.58. The van der Waals surface area contributed by atoms with E-state index in [1.165, 1.54) is 12.8 Å². The van der Waals surface area contributed by atoms with E-state index in [1.54, 1.807) is 12.5 Å². The first-order valence-electron chi connectivity index (χ1n) is 3.89. The maximum Gasteiger partial charge on any atom is 0.115 e. The summed E-state index contributed by atoms with van der Waals surface area (Å²) in [7, 11) is 0. The van der Waals surface area contributed by atoms with Gasteiger partial charge in [0, 0.05) is 12.2 Å². The van der Waals surface area contributed by atoms with Crippen molar-refractivity contribution in [3.05, 3.63) is 24.3 Å². The summed E-state index contributed by atoms with van der Waals surface area (Å²) in [5.41, 5.74) is 6.88. The van der Waals surface area contributed by atoms with Gasteiger partial charge in [-0.15, -0.1) is 0 Å². The van der Waals surface area contributed by atoms with Crippen LogP contribution < -0.4 is 5.73 Å². The van der Waals surface area contributed by atoms with Crippen LogP contribution in [0.5, 0.6) is 0 Å². The molecular formula is C8H11N3. The minimum atomic E-state index is 0.137. The molecule has 1 aromatic rings. The Labute approximate surface area is 65.7 Å². The normalized spacial score (nSPS) is 19.7. The maximum absolute atomic E-state index is 5.91. The monoisotopic (exact) mass is 149 g/mol. The van der Waals surface area contributed by atoms with Crippen LogP contribution in [0.2, 0.25) is 0 Å². The lowest BCUT2D eigenvalue weighted by Gasteiger charge is -2.07. The smallest absolute Gasteiger partial charge is 0.115 e. The van der Waals surface area contributed by atoms with Crippen molar-refractivity contribution in [3.8, 4) is 0 Å². The van der Waals surface area contributed by atoms with E-state index in [9.17, 15) is 0 Å². The summed E-state index contributed by atoms with van der Waals surface area (Å²) >= 11 is 0. The van der Waals surface area contributed by atoms with Gasteiger partial charge in [0.25, 0.3) is 0 Å². The predicted octanol–water partition coefficient (Wildman–Crippen LogP) is 0.886. The largest absolute Gasteiger partial charge is 0.322 e. The zero-order chi connectivity index (χ0) is 7.68. The van der Waals surface area contributed by atoms with Crippen molar-refractivity contribution in [1.29, 1.82) is 0 Å². The van der Waals surface area contributed by atoms with Crippen molar-refractivity contribution >= 4 is 0 Å². The topological polar surface area (TPSA) is 51.8 Å². The third-order valence-corrected chi connectivity index (χ3v) is 2.08. The van der Waals surface area contributed by atoms with E-state index in [4.69, 9.17) is 5.73 Å². The Kier molecular flexibility index (Phi) is 1.58. The summed E-state index contributed by atoms with van der Waals surface area (Å²) in [5.74, 6) is 0.671. The third kappa shape index (κ3) is 1.38. The molecule has 0 radical (unpaired) electrons. The van der Waals surface area contributed by atoms with Crippen LogP contribution in [0.3, 0.4) is 0 Å². The first kappa shape index (κ1) is 6.73. The average Bonchev–Trinajstić information content (AvgIpc) is 2.87. The summed E-state index contributed by atoms with van der Waals surface area (Å²) in [5, 5.41) is 0. The van der Waals surface area contributed by atoms with E-state index in [1.807, 2.05) is 6.07 Å². The first-order chi connectivity index (χ1) is 5.38. The SMILES string of the molecule is NC(c1ccncn1)C1CC1.